The fourth-order valence-electron chi connectivity index (χ4n) is 0.798. The number of aliphatic imine (C=N–C) groups is 1. The van der Waals surface area contributed by atoms with Crippen LogP contribution in [0.1, 0.15) is 12.8 Å². The Morgan fingerprint density at radius 1 is 1.42 bits per heavy atom. The van der Waals surface area contributed by atoms with Crippen molar-refractivity contribution in [1.29, 1.82) is 0 Å². The standard InChI is InChI=1S/C8H17N3O/c1-9-7(10-2)5-6-8(12)11(3)4/h5-6H2,1-4H3,(H,9,10). The Labute approximate surface area is 73.7 Å². The lowest BCUT2D eigenvalue weighted by molar-refractivity contribution is -0.128. The molecule has 0 aliphatic heterocycles. The Bertz CT molecular complexity index is 175. The maximum Gasteiger partial charge on any atom is 0.222 e. The van der Waals surface area contributed by atoms with Crippen LogP contribution in [0.25, 0.3) is 0 Å². The van der Waals surface area contributed by atoms with Crippen LogP contribution in [0.15, 0.2) is 4.99 Å². The van der Waals surface area contributed by atoms with Crippen molar-refractivity contribution in [3.63, 3.8) is 0 Å². The van der Waals surface area contributed by atoms with Gasteiger partial charge in [0.15, 0.2) is 0 Å². The number of amides is 1. The van der Waals surface area contributed by atoms with Gasteiger partial charge < -0.3 is 10.2 Å². The van der Waals surface area contributed by atoms with Gasteiger partial charge in [0, 0.05) is 41.0 Å². The van der Waals surface area contributed by atoms with E-state index in [0.29, 0.717) is 12.8 Å². The molecule has 0 aliphatic rings. The molecule has 1 N–H and O–H groups in total. The van der Waals surface area contributed by atoms with Crippen LogP contribution in [0.5, 0.6) is 0 Å². The molecule has 70 valence electrons. The molecule has 0 fully saturated rings. The van der Waals surface area contributed by atoms with E-state index in [0.717, 1.165) is 5.84 Å². The zero-order chi connectivity index (χ0) is 9.56. The summed E-state index contributed by atoms with van der Waals surface area (Å²) in [5, 5.41) is 2.93. The molecule has 1 amide bonds. The number of nitrogens with zero attached hydrogens (tertiary/aromatic N) is 2. The van der Waals surface area contributed by atoms with E-state index in [-0.39, 0.29) is 5.91 Å². The smallest absolute Gasteiger partial charge is 0.222 e. The summed E-state index contributed by atoms with van der Waals surface area (Å²) >= 11 is 0. The van der Waals surface area contributed by atoms with Crippen molar-refractivity contribution in [2.45, 2.75) is 12.8 Å². The van der Waals surface area contributed by atoms with Gasteiger partial charge in [-0.3, -0.25) is 9.79 Å². The number of carbonyl (C=O) groups excluding carboxylic acids is 1. The highest BCUT2D eigenvalue weighted by Gasteiger charge is 2.04. The summed E-state index contributed by atoms with van der Waals surface area (Å²) in [4.78, 5) is 16.7. The molecule has 0 unspecified atom stereocenters. The molecule has 0 rings (SSSR count). The summed E-state index contributed by atoms with van der Waals surface area (Å²) < 4.78 is 0. The topological polar surface area (TPSA) is 44.7 Å². The van der Waals surface area contributed by atoms with Crippen molar-refractivity contribution in [2.24, 2.45) is 4.99 Å². The van der Waals surface area contributed by atoms with Gasteiger partial charge in [0.1, 0.15) is 0 Å². The number of carbonyl (C=O) groups is 1. The molecule has 0 aromatic heterocycles. The third kappa shape index (κ3) is 3.95. The summed E-state index contributed by atoms with van der Waals surface area (Å²) in [6, 6.07) is 0. The molecule has 4 heteroatoms. The lowest BCUT2D eigenvalue weighted by Crippen LogP contribution is -2.25. The Morgan fingerprint density at radius 2 is 2.00 bits per heavy atom. The summed E-state index contributed by atoms with van der Waals surface area (Å²) in [6.45, 7) is 0. The second-order valence-corrected chi connectivity index (χ2v) is 2.71. The van der Waals surface area contributed by atoms with Crippen molar-refractivity contribution in [3.8, 4) is 0 Å². The lowest BCUT2D eigenvalue weighted by Gasteiger charge is -2.10. The van der Waals surface area contributed by atoms with Crippen molar-refractivity contribution in [2.75, 3.05) is 28.2 Å². The van der Waals surface area contributed by atoms with E-state index in [9.17, 15) is 4.79 Å². The number of hydrogen-bond donors (Lipinski definition) is 1. The molecular formula is C8H17N3O. The highest BCUT2D eigenvalue weighted by Crippen LogP contribution is 1.94. The Balaban J connectivity index is 3.75. The average molecular weight is 171 g/mol. The number of hydrogen-bond acceptors (Lipinski definition) is 2. The van der Waals surface area contributed by atoms with Crippen LogP contribution in [0.2, 0.25) is 0 Å². The molecular weight excluding hydrogens is 154 g/mol. The SMILES string of the molecule is C/N=C(/CCC(=O)N(C)C)NC. The quantitative estimate of drug-likeness (QED) is 0.483. The van der Waals surface area contributed by atoms with E-state index >= 15 is 0 Å². The minimum Gasteiger partial charge on any atom is -0.377 e. The highest BCUT2D eigenvalue weighted by molar-refractivity contribution is 5.86. The number of nitrogens with one attached hydrogen (secondary N) is 1. The van der Waals surface area contributed by atoms with E-state index in [2.05, 4.69) is 10.3 Å². The van der Waals surface area contributed by atoms with E-state index in [1.807, 2.05) is 7.05 Å². The molecule has 0 spiro atoms. The molecule has 0 saturated carbocycles. The third-order valence-corrected chi connectivity index (χ3v) is 1.63. The van der Waals surface area contributed by atoms with Gasteiger partial charge in [-0.25, -0.2) is 0 Å². The zero-order valence-electron chi connectivity index (χ0n) is 8.22. The Morgan fingerprint density at radius 3 is 2.33 bits per heavy atom. The summed E-state index contributed by atoms with van der Waals surface area (Å²) in [5.74, 6) is 0.997. The van der Waals surface area contributed by atoms with Crippen LogP contribution >= 0.6 is 0 Å². The van der Waals surface area contributed by atoms with Crippen molar-refractivity contribution < 1.29 is 4.79 Å². The zero-order valence-corrected chi connectivity index (χ0v) is 8.22. The van der Waals surface area contributed by atoms with Gasteiger partial charge in [-0.1, -0.05) is 0 Å². The first-order valence-electron chi connectivity index (χ1n) is 3.95. The largest absolute Gasteiger partial charge is 0.377 e. The van der Waals surface area contributed by atoms with Crippen molar-refractivity contribution in [1.82, 2.24) is 10.2 Å². The summed E-state index contributed by atoms with van der Waals surface area (Å²) in [5.41, 5.74) is 0. The molecule has 0 aromatic rings. The fourth-order valence-corrected chi connectivity index (χ4v) is 0.798. The molecule has 0 atom stereocenters. The molecule has 0 aromatic carbocycles. The van der Waals surface area contributed by atoms with Crippen molar-refractivity contribution >= 4 is 11.7 Å². The van der Waals surface area contributed by atoms with Crippen LogP contribution in [0.3, 0.4) is 0 Å². The summed E-state index contributed by atoms with van der Waals surface area (Å²) in [6.07, 6.45) is 1.20. The molecule has 0 radical (unpaired) electrons. The van der Waals surface area contributed by atoms with Gasteiger partial charge in [-0.2, -0.15) is 0 Å². The van der Waals surface area contributed by atoms with E-state index in [1.165, 1.54) is 0 Å². The number of rotatable bonds is 3. The minimum absolute atomic E-state index is 0.131. The third-order valence-electron chi connectivity index (χ3n) is 1.63. The van der Waals surface area contributed by atoms with Gasteiger partial charge >= 0.3 is 0 Å². The van der Waals surface area contributed by atoms with Gasteiger partial charge in [-0.15, -0.1) is 0 Å². The lowest BCUT2D eigenvalue weighted by atomic mass is 10.2. The Hall–Kier alpha value is -1.06. The maximum absolute atomic E-state index is 11.1. The summed E-state index contributed by atoms with van der Waals surface area (Å²) in [7, 11) is 7.03. The average Bonchev–Trinajstić information content (AvgIpc) is 2.05. The first kappa shape index (κ1) is 10.9. The van der Waals surface area contributed by atoms with E-state index in [1.54, 1.807) is 26.0 Å². The second kappa shape index (κ2) is 5.57. The molecule has 0 bridgehead atoms. The first-order chi connectivity index (χ1) is 5.61. The van der Waals surface area contributed by atoms with Crippen LogP contribution in [-0.4, -0.2) is 44.8 Å². The predicted molar refractivity (Wildman–Crippen MR) is 50.3 cm³/mol. The normalized spacial score (nSPS) is 11.2. The Kier molecular flexibility index (Phi) is 5.08. The van der Waals surface area contributed by atoms with E-state index in [4.69, 9.17) is 0 Å². The minimum atomic E-state index is 0.131. The van der Waals surface area contributed by atoms with Crippen LogP contribution in [0, 0.1) is 0 Å². The first-order valence-corrected chi connectivity index (χ1v) is 3.95. The molecule has 4 nitrogen and oxygen atoms in total. The molecule has 0 heterocycles. The van der Waals surface area contributed by atoms with Crippen LogP contribution in [0.4, 0.5) is 0 Å². The second-order valence-electron chi connectivity index (χ2n) is 2.71. The van der Waals surface area contributed by atoms with Crippen molar-refractivity contribution in [3.05, 3.63) is 0 Å². The van der Waals surface area contributed by atoms with Gasteiger partial charge in [0.25, 0.3) is 0 Å². The van der Waals surface area contributed by atoms with Gasteiger partial charge in [0.05, 0.1) is 5.84 Å². The molecule has 0 saturated heterocycles. The highest BCUT2D eigenvalue weighted by atomic mass is 16.2. The van der Waals surface area contributed by atoms with Crippen LogP contribution in [-0.2, 0) is 4.79 Å². The predicted octanol–water partition coefficient (Wildman–Crippen LogP) is 0.103. The monoisotopic (exact) mass is 171 g/mol. The van der Waals surface area contributed by atoms with Crippen LogP contribution < -0.4 is 5.32 Å². The van der Waals surface area contributed by atoms with Gasteiger partial charge in [0.2, 0.25) is 5.91 Å². The van der Waals surface area contributed by atoms with E-state index < -0.39 is 0 Å². The fraction of sp³-hybridized carbons (Fsp3) is 0.750. The molecule has 0 aliphatic carbocycles. The van der Waals surface area contributed by atoms with Gasteiger partial charge in [-0.05, 0) is 0 Å². The molecule has 12 heavy (non-hydrogen) atoms. The number of amidine groups is 1. The maximum atomic E-state index is 11.1.